The van der Waals surface area contributed by atoms with Crippen LogP contribution >= 0.6 is 22.9 Å². The molecule has 0 aliphatic carbocycles. The summed E-state index contributed by atoms with van der Waals surface area (Å²) in [5.74, 6) is -0.382. The van der Waals surface area contributed by atoms with E-state index in [0.29, 0.717) is 22.9 Å². The average Bonchev–Trinajstić information content (AvgIpc) is 2.85. The number of esters is 1. The lowest BCUT2D eigenvalue weighted by atomic mass is 10.2. The number of anilines is 1. The molecule has 0 amide bonds. The van der Waals surface area contributed by atoms with Crippen molar-refractivity contribution in [3.63, 3.8) is 0 Å². The van der Waals surface area contributed by atoms with E-state index >= 15 is 0 Å². The molecule has 0 aliphatic rings. The monoisotopic (exact) mass is 281 g/mol. The van der Waals surface area contributed by atoms with E-state index in [2.05, 4.69) is 0 Å². The van der Waals surface area contributed by atoms with Gasteiger partial charge in [-0.3, -0.25) is 0 Å². The molecule has 0 spiro atoms. The van der Waals surface area contributed by atoms with E-state index in [1.165, 1.54) is 11.6 Å². The highest BCUT2D eigenvalue weighted by Gasteiger charge is 2.09. The first-order valence-corrected chi connectivity index (χ1v) is 6.72. The quantitative estimate of drug-likeness (QED) is 0.690. The smallest absolute Gasteiger partial charge is 0.338 e. The van der Waals surface area contributed by atoms with Crippen molar-refractivity contribution in [2.24, 2.45) is 0 Å². The molecule has 5 heteroatoms. The fourth-order valence-electron chi connectivity index (χ4n) is 1.43. The molecule has 3 nitrogen and oxygen atoms in total. The molecule has 0 aliphatic heterocycles. The first kappa shape index (κ1) is 12.9. The van der Waals surface area contributed by atoms with Crippen LogP contribution in [0.3, 0.4) is 0 Å². The van der Waals surface area contributed by atoms with Crippen LogP contribution in [-0.4, -0.2) is 12.6 Å². The maximum atomic E-state index is 11.7. The van der Waals surface area contributed by atoms with Gasteiger partial charge < -0.3 is 10.5 Å². The number of carbonyl (C=O) groups excluding carboxylic acids is 1. The number of rotatable bonds is 4. The number of hydrogen-bond donors (Lipinski definition) is 1. The predicted molar refractivity (Wildman–Crippen MR) is 74.2 cm³/mol. The molecule has 1 heterocycles. The Labute approximate surface area is 114 Å². The number of benzene rings is 1. The number of carbonyl (C=O) groups is 1. The lowest BCUT2D eigenvalue weighted by molar-refractivity contribution is 0.0509. The normalized spacial score (nSPS) is 10.3. The molecular weight excluding hydrogens is 270 g/mol. The Hall–Kier alpha value is -1.52. The number of nitrogen functional groups attached to an aromatic ring is 1. The predicted octanol–water partition coefficient (Wildman–Crippen LogP) is 3.38. The molecule has 18 heavy (non-hydrogen) atoms. The first-order valence-electron chi connectivity index (χ1n) is 5.40. The molecule has 0 bridgehead atoms. The standard InChI is InChI=1S/C13H12ClNO2S/c14-11-7-10(1-2-12(11)15)13(16)17-5-3-9-4-6-18-8-9/h1-2,4,6-8H,3,5,15H2. The second-order valence-corrected chi connectivity index (χ2v) is 4.94. The van der Waals surface area contributed by atoms with Crippen molar-refractivity contribution in [3.8, 4) is 0 Å². The van der Waals surface area contributed by atoms with Crippen molar-refractivity contribution >= 4 is 34.6 Å². The number of thiophene rings is 1. The lowest BCUT2D eigenvalue weighted by Gasteiger charge is -2.05. The Morgan fingerprint density at radius 2 is 2.22 bits per heavy atom. The van der Waals surface area contributed by atoms with Gasteiger partial charge in [0.15, 0.2) is 0 Å². The van der Waals surface area contributed by atoms with Gasteiger partial charge in [0.2, 0.25) is 0 Å². The second kappa shape index (κ2) is 5.89. The van der Waals surface area contributed by atoms with E-state index in [-0.39, 0.29) is 5.97 Å². The molecule has 0 radical (unpaired) electrons. The first-order chi connectivity index (χ1) is 8.66. The SMILES string of the molecule is Nc1ccc(C(=O)OCCc2ccsc2)cc1Cl. The fourth-order valence-corrected chi connectivity index (χ4v) is 2.32. The highest BCUT2D eigenvalue weighted by atomic mass is 35.5. The average molecular weight is 282 g/mol. The van der Waals surface area contributed by atoms with Crippen LogP contribution in [-0.2, 0) is 11.2 Å². The summed E-state index contributed by atoms with van der Waals surface area (Å²) in [7, 11) is 0. The minimum atomic E-state index is -0.382. The molecule has 0 saturated heterocycles. The van der Waals surface area contributed by atoms with Crippen LogP contribution in [0.1, 0.15) is 15.9 Å². The molecule has 2 aromatic rings. The summed E-state index contributed by atoms with van der Waals surface area (Å²) >= 11 is 7.47. The third kappa shape index (κ3) is 3.24. The number of nitrogens with two attached hydrogens (primary N) is 1. The maximum Gasteiger partial charge on any atom is 0.338 e. The van der Waals surface area contributed by atoms with E-state index in [0.717, 1.165) is 6.42 Å². The lowest BCUT2D eigenvalue weighted by Crippen LogP contribution is -2.08. The van der Waals surface area contributed by atoms with Crippen LogP contribution in [0.2, 0.25) is 5.02 Å². The van der Waals surface area contributed by atoms with Crippen LogP contribution in [0, 0.1) is 0 Å². The van der Waals surface area contributed by atoms with Crippen LogP contribution in [0.5, 0.6) is 0 Å². The summed E-state index contributed by atoms with van der Waals surface area (Å²) in [5.41, 5.74) is 7.61. The van der Waals surface area contributed by atoms with Crippen LogP contribution in [0.15, 0.2) is 35.0 Å². The molecule has 2 rings (SSSR count). The van der Waals surface area contributed by atoms with E-state index in [4.69, 9.17) is 22.1 Å². The highest BCUT2D eigenvalue weighted by Crippen LogP contribution is 2.20. The molecular formula is C13H12ClNO2S. The molecule has 0 atom stereocenters. The largest absolute Gasteiger partial charge is 0.462 e. The van der Waals surface area contributed by atoms with E-state index < -0.39 is 0 Å². The van der Waals surface area contributed by atoms with Gasteiger partial charge in [-0.2, -0.15) is 11.3 Å². The summed E-state index contributed by atoms with van der Waals surface area (Å²) in [4.78, 5) is 11.7. The summed E-state index contributed by atoms with van der Waals surface area (Å²) < 4.78 is 5.16. The zero-order chi connectivity index (χ0) is 13.0. The fraction of sp³-hybridized carbons (Fsp3) is 0.154. The third-order valence-electron chi connectivity index (χ3n) is 2.44. The molecule has 0 fully saturated rings. The van der Waals surface area contributed by atoms with Crippen molar-refractivity contribution in [1.29, 1.82) is 0 Å². The van der Waals surface area contributed by atoms with E-state index in [1.54, 1.807) is 23.5 Å². The van der Waals surface area contributed by atoms with Crippen LogP contribution in [0.25, 0.3) is 0 Å². The van der Waals surface area contributed by atoms with Gasteiger partial charge in [-0.1, -0.05) is 11.6 Å². The van der Waals surface area contributed by atoms with Gasteiger partial charge in [0.25, 0.3) is 0 Å². The van der Waals surface area contributed by atoms with E-state index in [9.17, 15) is 4.79 Å². The summed E-state index contributed by atoms with van der Waals surface area (Å²) in [6.45, 7) is 0.359. The molecule has 2 N–H and O–H groups in total. The zero-order valence-corrected chi connectivity index (χ0v) is 11.1. The van der Waals surface area contributed by atoms with Gasteiger partial charge in [0.1, 0.15) is 0 Å². The van der Waals surface area contributed by atoms with Crippen LogP contribution < -0.4 is 5.73 Å². The number of ether oxygens (including phenoxy) is 1. The van der Waals surface area contributed by atoms with E-state index in [1.807, 2.05) is 16.8 Å². The number of halogens is 1. The molecule has 1 aromatic heterocycles. The van der Waals surface area contributed by atoms with Crippen molar-refractivity contribution in [2.45, 2.75) is 6.42 Å². The Bertz CT molecular complexity index is 540. The Balaban J connectivity index is 1.89. The van der Waals surface area contributed by atoms with Gasteiger partial charge >= 0.3 is 5.97 Å². The minimum absolute atomic E-state index is 0.359. The van der Waals surface area contributed by atoms with Gasteiger partial charge in [0.05, 0.1) is 22.9 Å². The van der Waals surface area contributed by atoms with Crippen molar-refractivity contribution < 1.29 is 9.53 Å². The molecule has 0 unspecified atom stereocenters. The topological polar surface area (TPSA) is 52.3 Å². The summed E-state index contributed by atoms with van der Waals surface area (Å²) in [6, 6.07) is 6.73. The van der Waals surface area contributed by atoms with Gasteiger partial charge in [-0.25, -0.2) is 4.79 Å². The van der Waals surface area contributed by atoms with Crippen LogP contribution in [0.4, 0.5) is 5.69 Å². The van der Waals surface area contributed by atoms with Gasteiger partial charge in [-0.05, 0) is 40.6 Å². The minimum Gasteiger partial charge on any atom is -0.462 e. The zero-order valence-electron chi connectivity index (χ0n) is 9.56. The highest BCUT2D eigenvalue weighted by molar-refractivity contribution is 7.07. The van der Waals surface area contributed by atoms with Crippen molar-refractivity contribution in [2.75, 3.05) is 12.3 Å². The molecule has 0 saturated carbocycles. The van der Waals surface area contributed by atoms with Crippen molar-refractivity contribution in [3.05, 3.63) is 51.2 Å². The Morgan fingerprint density at radius 3 is 2.89 bits per heavy atom. The Kier molecular flexibility index (Phi) is 4.23. The second-order valence-electron chi connectivity index (χ2n) is 3.75. The van der Waals surface area contributed by atoms with Gasteiger partial charge in [-0.15, -0.1) is 0 Å². The van der Waals surface area contributed by atoms with Crippen molar-refractivity contribution in [1.82, 2.24) is 0 Å². The summed E-state index contributed by atoms with van der Waals surface area (Å²) in [5, 5.41) is 4.40. The number of hydrogen-bond acceptors (Lipinski definition) is 4. The van der Waals surface area contributed by atoms with Gasteiger partial charge in [0, 0.05) is 6.42 Å². The molecule has 94 valence electrons. The maximum absolute atomic E-state index is 11.7. The Morgan fingerprint density at radius 1 is 1.39 bits per heavy atom. The third-order valence-corrected chi connectivity index (χ3v) is 3.50. The summed E-state index contributed by atoms with van der Waals surface area (Å²) in [6.07, 6.45) is 0.720. The molecule has 1 aromatic carbocycles.